The van der Waals surface area contributed by atoms with Gasteiger partial charge in [-0.3, -0.25) is 9.59 Å². The van der Waals surface area contributed by atoms with Gasteiger partial charge in [0, 0.05) is 28.1 Å². The molecule has 2 aromatic rings. The molecule has 5 heteroatoms. The molecule has 0 aromatic heterocycles. The number of hydrogen-bond donors (Lipinski definition) is 1. The maximum atomic E-state index is 13.1. The number of amides is 1. The number of nitrogens with one attached hydrogen (secondary N) is 1. The third kappa shape index (κ3) is 2.78. The van der Waals surface area contributed by atoms with Gasteiger partial charge in [0.2, 0.25) is 5.91 Å². The molecule has 1 amide bonds. The van der Waals surface area contributed by atoms with Gasteiger partial charge in [-0.25, -0.2) is 0 Å². The first-order chi connectivity index (χ1) is 12.0. The van der Waals surface area contributed by atoms with Gasteiger partial charge in [-0.2, -0.15) is 0 Å². The van der Waals surface area contributed by atoms with Crippen molar-refractivity contribution in [2.45, 2.75) is 18.8 Å². The van der Waals surface area contributed by atoms with Crippen LogP contribution in [0.25, 0.3) is 0 Å². The van der Waals surface area contributed by atoms with Crippen LogP contribution in [0.4, 0.5) is 5.69 Å². The number of hydrogen-bond acceptors (Lipinski definition) is 2. The number of ketones is 1. The van der Waals surface area contributed by atoms with Crippen LogP contribution in [0.5, 0.6) is 0 Å². The number of rotatable bonds is 1. The van der Waals surface area contributed by atoms with E-state index in [0.717, 1.165) is 16.8 Å². The molecule has 126 valence electrons. The van der Waals surface area contributed by atoms with Crippen molar-refractivity contribution < 1.29 is 9.59 Å². The molecule has 0 saturated heterocycles. The minimum absolute atomic E-state index is 0.0280. The average Bonchev–Trinajstić information content (AvgIpc) is 2.59. The number of halogens is 2. The largest absolute Gasteiger partial charge is 0.325 e. The van der Waals surface area contributed by atoms with Crippen molar-refractivity contribution in [2.24, 2.45) is 5.41 Å². The minimum Gasteiger partial charge on any atom is -0.325 e. The monoisotopic (exact) mass is 371 g/mol. The van der Waals surface area contributed by atoms with Gasteiger partial charge in [-0.15, -0.1) is 0 Å². The van der Waals surface area contributed by atoms with Crippen LogP contribution in [0.3, 0.4) is 0 Å². The lowest BCUT2D eigenvalue weighted by molar-refractivity contribution is -0.126. The van der Waals surface area contributed by atoms with Gasteiger partial charge < -0.3 is 5.32 Å². The van der Waals surface area contributed by atoms with Crippen LogP contribution in [0.2, 0.25) is 10.0 Å². The van der Waals surface area contributed by atoms with E-state index in [2.05, 4.69) is 5.32 Å². The second-order valence-electron chi connectivity index (χ2n) is 6.58. The van der Waals surface area contributed by atoms with E-state index in [-0.39, 0.29) is 17.6 Å². The summed E-state index contributed by atoms with van der Waals surface area (Å²) in [4.78, 5) is 25.1. The topological polar surface area (TPSA) is 46.2 Å². The van der Waals surface area contributed by atoms with Gasteiger partial charge in [0.05, 0.1) is 5.41 Å². The van der Waals surface area contributed by atoms with Crippen LogP contribution >= 0.6 is 23.2 Å². The lowest BCUT2D eigenvalue weighted by atomic mass is 9.62. The molecule has 1 aliphatic heterocycles. The summed E-state index contributed by atoms with van der Waals surface area (Å²) in [5.74, 6) is -0.308. The molecule has 4 rings (SSSR count). The third-order valence-electron chi connectivity index (χ3n) is 5.09. The van der Waals surface area contributed by atoms with Gasteiger partial charge in [-0.05, 0) is 47.9 Å². The SMILES string of the molecule is O=C1C=C[C@]2(Cc3ccc(Cl)cc3NC2=O)[C@@H](c2ccc(Cl)cc2)C1. The lowest BCUT2D eigenvalue weighted by Crippen LogP contribution is -2.47. The Balaban J connectivity index is 1.83. The van der Waals surface area contributed by atoms with Crippen LogP contribution in [0, 0.1) is 5.41 Å². The maximum absolute atomic E-state index is 13.1. The maximum Gasteiger partial charge on any atom is 0.235 e. The van der Waals surface area contributed by atoms with E-state index in [1.165, 1.54) is 6.08 Å². The van der Waals surface area contributed by atoms with Gasteiger partial charge in [0.25, 0.3) is 0 Å². The Morgan fingerprint density at radius 1 is 1.00 bits per heavy atom. The van der Waals surface area contributed by atoms with E-state index >= 15 is 0 Å². The van der Waals surface area contributed by atoms with Gasteiger partial charge >= 0.3 is 0 Å². The fraction of sp³-hybridized carbons (Fsp3) is 0.200. The highest BCUT2D eigenvalue weighted by Crippen LogP contribution is 2.49. The molecular weight excluding hydrogens is 357 g/mol. The highest BCUT2D eigenvalue weighted by Gasteiger charge is 2.49. The van der Waals surface area contributed by atoms with Crippen LogP contribution in [-0.4, -0.2) is 11.7 Å². The van der Waals surface area contributed by atoms with Crippen molar-refractivity contribution in [3.05, 3.63) is 75.8 Å². The fourth-order valence-electron chi connectivity index (χ4n) is 3.79. The van der Waals surface area contributed by atoms with E-state index in [0.29, 0.717) is 22.9 Å². The zero-order valence-electron chi connectivity index (χ0n) is 13.3. The normalized spacial score (nSPS) is 25.0. The fourth-order valence-corrected chi connectivity index (χ4v) is 4.09. The lowest BCUT2D eigenvalue weighted by Gasteiger charge is -2.42. The Bertz CT molecular complexity index is 904. The molecule has 2 atom stereocenters. The van der Waals surface area contributed by atoms with Gasteiger partial charge in [0.1, 0.15) is 0 Å². The van der Waals surface area contributed by atoms with Crippen molar-refractivity contribution >= 4 is 40.6 Å². The second-order valence-corrected chi connectivity index (χ2v) is 7.45. The van der Waals surface area contributed by atoms with E-state index in [1.807, 2.05) is 24.3 Å². The summed E-state index contributed by atoms with van der Waals surface area (Å²) in [5.41, 5.74) is 1.91. The quantitative estimate of drug-likeness (QED) is 0.783. The van der Waals surface area contributed by atoms with Crippen molar-refractivity contribution in [3.63, 3.8) is 0 Å². The molecule has 25 heavy (non-hydrogen) atoms. The summed E-state index contributed by atoms with van der Waals surface area (Å²) in [5, 5.41) is 4.19. The first kappa shape index (κ1) is 16.4. The van der Waals surface area contributed by atoms with E-state index in [4.69, 9.17) is 23.2 Å². The van der Waals surface area contributed by atoms with Crippen LogP contribution < -0.4 is 5.32 Å². The number of carbonyl (C=O) groups is 2. The zero-order valence-corrected chi connectivity index (χ0v) is 14.8. The van der Waals surface area contributed by atoms with Crippen molar-refractivity contribution in [1.29, 1.82) is 0 Å². The predicted molar refractivity (Wildman–Crippen MR) is 99.2 cm³/mol. The molecule has 1 aliphatic carbocycles. The molecular formula is C20H15Cl2NO2. The molecule has 0 radical (unpaired) electrons. The molecule has 2 aromatic carbocycles. The predicted octanol–water partition coefficient (Wildman–Crippen LogP) is 4.79. The van der Waals surface area contributed by atoms with Gasteiger partial charge in [0.15, 0.2) is 5.78 Å². The van der Waals surface area contributed by atoms with Crippen molar-refractivity contribution in [1.82, 2.24) is 0 Å². The Morgan fingerprint density at radius 2 is 1.72 bits per heavy atom. The summed E-state index contributed by atoms with van der Waals surface area (Å²) in [7, 11) is 0. The average molecular weight is 372 g/mol. The molecule has 0 fully saturated rings. The molecule has 2 aliphatic rings. The summed E-state index contributed by atoms with van der Waals surface area (Å²) >= 11 is 12.0. The molecule has 1 heterocycles. The number of allylic oxidation sites excluding steroid dienone is 1. The molecule has 3 nitrogen and oxygen atoms in total. The first-order valence-corrected chi connectivity index (χ1v) is 8.81. The van der Waals surface area contributed by atoms with Crippen LogP contribution in [-0.2, 0) is 16.0 Å². The Labute approximate surface area is 155 Å². The summed E-state index contributed by atoms with van der Waals surface area (Å²) in [6.45, 7) is 0. The van der Waals surface area contributed by atoms with Crippen LogP contribution in [0.1, 0.15) is 23.5 Å². The smallest absolute Gasteiger partial charge is 0.235 e. The summed E-state index contributed by atoms with van der Waals surface area (Å²) in [6, 6.07) is 12.9. The Morgan fingerprint density at radius 3 is 2.48 bits per heavy atom. The van der Waals surface area contributed by atoms with Crippen LogP contribution in [0.15, 0.2) is 54.6 Å². The molecule has 0 saturated carbocycles. The van der Waals surface area contributed by atoms with E-state index < -0.39 is 5.41 Å². The first-order valence-electron chi connectivity index (χ1n) is 8.05. The van der Waals surface area contributed by atoms with E-state index in [9.17, 15) is 9.59 Å². The van der Waals surface area contributed by atoms with Crippen molar-refractivity contribution in [2.75, 3.05) is 5.32 Å². The van der Waals surface area contributed by atoms with E-state index in [1.54, 1.807) is 24.3 Å². The molecule has 0 unspecified atom stereocenters. The molecule has 1 spiro atoms. The summed E-state index contributed by atoms with van der Waals surface area (Å²) in [6.07, 6.45) is 4.13. The highest BCUT2D eigenvalue weighted by molar-refractivity contribution is 6.31. The zero-order chi connectivity index (χ0) is 17.6. The number of benzene rings is 2. The standard InChI is InChI=1S/C20H15Cl2NO2/c21-14-4-1-12(2-5-14)17-10-16(24)7-8-20(17)11-13-3-6-15(22)9-18(13)23-19(20)25/h1-9,17H,10-11H2,(H,23,25)/t17-,20+/m1/s1. The Kier molecular flexibility index (Phi) is 3.94. The minimum atomic E-state index is -0.789. The molecule has 1 N–H and O–H groups in total. The number of carbonyl (C=O) groups excluding carboxylic acids is 2. The second kappa shape index (κ2) is 6.01. The number of fused-ring (bicyclic) bond motifs is 1. The third-order valence-corrected chi connectivity index (χ3v) is 5.58. The van der Waals surface area contributed by atoms with Gasteiger partial charge in [-0.1, -0.05) is 47.5 Å². The highest BCUT2D eigenvalue weighted by atomic mass is 35.5. The number of anilines is 1. The van der Waals surface area contributed by atoms with Crippen molar-refractivity contribution in [3.8, 4) is 0 Å². The Hall–Kier alpha value is -2.10. The summed E-state index contributed by atoms with van der Waals surface area (Å²) < 4.78 is 0. The molecule has 0 bridgehead atoms.